The van der Waals surface area contributed by atoms with Gasteiger partial charge in [0, 0.05) is 12.8 Å². The number of unbranched alkanes of at least 4 members (excludes halogenated alkanes) is 1. The third kappa shape index (κ3) is 3.08. The molecule has 1 aromatic rings. The maximum Gasteiger partial charge on any atom is 0.360 e. The summed E-state index contributed by atoms with van der Waals surface area (Å²) in [6, 6.07) is 0. The van der Waals surface area contributed by atoms with Crippen molar-refractivity contribution in [2.24, 2.45) is 0 Å². The van der Waals surface area contributed by atoms with E-state index in [2.05, 4.69) is 16.6 Å². The fourth-order valence-electron chi connectivity index (χ4n) is 1.48. The molecule has 0 aliphatic carbocycles. The van der Waals surface area contributed by atoms with Crippen LogP contribution < -0.4 is 0 Å². The fraction of sp³-hybridized carbons (Fsp3) is 0.667. The molecule has 1 aromatic heterocycles. The molecule has 0 aliphatic heterocycles. The zero-order valence-corrected chi connectivity index (χ0v) is 10.2. The summed E-state index contributed by atoms with van der Waals surface area (Å²) in [7, 11) is 1.36. The molecule has 0 saturated carbocycles. The first-order chi connectivity index (χ1) is 7.72. The maximum atomic E-state index is 11.5. The molecule has 0 fully saturated rings. The number of aryl methyl sites for hydroxylation is 2. The average Bonchev–Trinajstić information content (AvgIpc) is 2.69. The normalized spacial score (nSPS) is 10.4. The summed E-state index contributed by atoms with van der Waals surface area (Å²) in [6.45, 7) is 4.15. The van der Waals surface area contributed by atoms with E-state index in [0.29, 0.717) is 17.3 Å². The van der Waals surface area contributed by atoms with Gasteiger partial charge in [0.2, 0.25) is 0 Å². The van der Waals surface area contributed by atoms with E-state index >= 15 is 0 Å². The highest BCUT2D eigenvalue weighted by atomic mass is 16.5. The summed E-state index contributed by atoms with van der Waals surface area (Å²) in [5.41, 5.74) is 0.347. The zero-order valence-electron chi connectivity index (χ0n) is 10.2. The average molecular weight is 225 g/mol. The molecule has 0 radical (unpaired) electrons. The van der Waals surface area contributed by atoms with Gasteiger partial charge in [0.15, 0.2) is 11.6 Å². The minimum absolute atomic E-state index is 0.347. The van der Waals surface area contributed by atoms with Crippen LogP contribution in [0.2, 0.25) is 0 Å². The van der Waals surface area contributed by atoms with Crippen molar-refractivity contribution in [3.8, 4) is 0 Å². The molecule has 90 valence electrons. The van der Waals surface area contributed by atoms with Gasteiger partial charge >= 0.3 is 5.97 Å². The van der Waals surface area contributed by atoms with Crippen LogP contribution in [0, 0.1) is 0 Å². The zero-order chi connectivity index (χ0) is 12.0. The van der Waals surface area contributed by atoms with E-state index in [0.717, 1.165) is 32.1 Å². The lowest BCUT2D eigenvalue weighted by Gasteiger charge is -1.97. The molecule has 0 aliphatic rings. The molecular formula is C12H19NO3. The number of oxazole rings is 1. The number of rotatable bonds is 6. The molecule has 4 nitrogen and oxygen atoms in total. The van der Waals surface area contributed by atoms with Crippen molar-refractivity contribution in [2.45, 2.75) is 46.0 Å². The standard InChI is InChI=1S/C12H19NO3/c1-4-6-8-9-11(12(14)15-3)13-10(16-9)7-5-2/h4-8H2,1-3H3. The van der Waals surface area contributed by atoms with Crippen molar-refractivity contribution in [2.75, 3.05) is 7.11 Å². The number of carbonyl (C=O) groups is 1. The highest BCUT2D eigenvalue weighted by Crippen LogP contribution is 2.16. The van der Waals surface area contributed by atoms with E-state index in [1.54, 1.807) is 0 Å². The first-order valence-corrected chi connectivity index (χ1v) is 5.79. The molecule has 0 amide bonds. The lowest BCUT2D eigenvalue weighted by molar-refractivity contribution is 0.0592. The van der Waals surface area contributed by atoms with Gasteiger partial charge in [-0.25, -0.2) is 9.78 Å². The third-order valence-corrected chi connectivity index (χ3v) is 2.34. The largest absolute Gasteiger partial charge is 0.464 e. The highest BCUT2D eigenvalue weighted by Gasteiger charge is 2.19. The fourth-order valence-corrected chi connectivity index (χ4v) is 1.48. The lowest BCUT2D eigenvalue weighted by Crippen LogP contribution is -2.05. The summed E-state index contributed by atoms with van der Waals surface area (Å²) in [5, 5.41) is 0. The number of esters is 1. The molecule has 1 heterocycles. The second-order valence-corrected chi connectivity index (χ2v) is 3.72. The van der Waals surface area contributed by atoms with Crippen LogP contribution in [0.4, 0.5) is 0 Å². The quantitative estimate of drug-likeness (QED) is 0.698. The molecule has 0 atom stereocenters. The van der Waals surface area contributed by atoms with Crippen LogP contribution in [0.1, 0.15) is 55.2 Å². The van der Waals surface area contributed by atoms with Crippen molar-refractivity contribution < 1.29 is 13.9 Å². The van der Waals surface area contributed by atoms with Crippen LogP contribution in [0.25, 0.3) is 0 Å². The van der Waals surface area contributed by atoms with Crippen molar-refractivity contribution >= 4 is 5.97 Å². The van der Waals surface area contributed by atoms with Gasteiger partial charge in [-0.1, -0.05) is 20.3 Å². The lowest BCUT2D eigenvalue weighted by atomic mass is 10.2. The van der Waals surface area contributed by atoms with Gasteiger partial charge in [-0.05, 0) is 12.8 Å². The Balaban J connectivity index is 2.88. The van der Waals surface area contributed by atoms with Gasteiger partial charge < -0.3 is 9.15 Å². The minimum Gasteiger partial charge on any atom is -0.464 e. The minimum atomic E-state index is -0.405. The van der Waals surface area contributed by atoms with Crippen molar-refractivity contribution in [1.29, 1.82) is 0 Å². The predicted octanol–water partition coefficient (Wildman–Crippen LogP) is 2.76. The van der Waals surface area contributed by atoms with E-state index in [-0.39, 0.29) is 0 Å². The van der Waals surface area contributed by atoms with Crippen LogP contribution in [0.3, 0.4) is 0 Å². The van der Waals surface area contributed by atoms with Crippen LogP contribution in [-0.4, -0.2) is 18.1 Å². The number of hydrogen-bond acceptors (Lipinski definition) is 4. The van der Waals surface area contributed by atoms with E-state index in [9.17, 15) is 4.79 Å². The molecule has 0 aromatic carbocycles. The summed E-state index contributed by atoms with van der Waals surface area (Å²) >= 11 is 0. The molecule has 0 bridgehead atoms. The Kier molecular flexibility index (Phi) is 5.02. The maximum absolute atomic E-state index is 11.5. The SMILES string of the molecule is CCCCc1oc(CCC)nc1C(=O)OC. The number of hydrogen-bond donors (Lipinski definition) is 0. The number of methoxy groups -OCH3 is 1. The molecule has 1 rings (SSSR count). The topological polar surface area (TPSA) is 52.3 Å². The van der Waals surface area contributed by atoms with Gasteiger partial charge in [0.1, 0.15) is 5.76 Å². The Labute approximate surface area is 96.0 Å². The smallest absolute Gasteiger partial charge is 0.360 e. The van der Waals surface area contributed by atoms with Crippen LogP contribution in [0.15, 0.2) is 4.42 Å². The van der Waals surface area contributed by atoms with E-state index in [1.807, 2.05) is 6.92 Å². The number of carbonyl (C=O) groups excluding carboxylic acids is 1. The summed E-state index contributed by atoms with van der Waals surface area (Å²) < 4.78 is 10.3. The Morgan fingerprint density at radius 1 is 1.31 bits per heavy atom. The molecule has 0 N–H and O–H groups in total. The summed E-state index contributed by atoms with van der Waals surface area (Å²) in [6.07, 6.45) is 4.51. The number of aromatic nitrogens is 1. The Hall–Kier alpha value is -1.32. The van der Waals surface area contributed by atoms with E-state index in [1.165, 1.54) is 7.11 Å². The Bertz CT molecular complexity index is 344. The van der Waals surface area contributed by atoms with Gasteiger partial charge in [0.05, 0.1) is 7.11 Å². The third-order valence-electron chi connectivity index (χ3n) is 2.34. The Morgan fingerprint density at radius 3 is 2.62 bits per heavy atom. The summed E-state index contributed by atoms with van der Waals surface area (Å²) in [5.74, 6) is 0.892. The molecule has 0 spiro atoms. The highest BCUT2D eigenvalue weighted by molar-refractivity contribution is 5.88. The number of nitrogens with zero attached hydrogens (tertiary/aromatic N) is 1. The monoisotopic (exact) mass is 225 g/mol. The molecule has 16 heavy (non-hydrogen) atoms. The predicted molar refractivity (Wildman–Crippen MR) is 60.4 cm³/mol. The van der Waals surface area contributed by atoms with Crippen LogP contribution in [0.5, 0.6) is 0 Å². The van der Waals surface area contributed by atoms with Gasteiger partial charge in [-0.15, -0.1) is 0 Å². The molecular weight excluding hydrogens is 206 g/mol. The molecule has 0 saturated heterocycles. The molecule has 4 heteroatoms. The van der Waals surface area contributed by atoms with Crippen molar-refractivity contribution in [3.63, 3.8) is 0 Å². The second kappa shape index (κ2) is 6.30. The van der Waals surface area contributed by atoms with Gasteiger partial charge in [-0.2, -0.15) is 0 Å². The van der Waals surface area contributed by atoms with Crippen molar-refractivity contribution in [1.82, 2.24) is 4.98 Å². The van der Waals surface area contributed by atoms with Crippen LogP contribution >= 0.6 is 0 Å². The van der Waals surface area contributed by atoms with Crippen molar-refractivity contribution in [3.05, 3.63) is 17.3 Å². The van der Waals surface area contributed by atoms with Crippen LogP contribution in [-0.2, 0) is 17.6 Å². The molecule has 0 unspecified atom stereocenters. The van der Waals surface area contributed by atoms with E-state index in [4.69, 9.17) is 4.42 Å². The second-order valence-electron chi connectivity index (χ2n) is 3.72. The summed E-state index contributed by atoms with van der Waals surface area (Å²) in [4.78, 5) is 15.7. The van der Waals surface area contributed by atoms with E-state index < -0.39 is 5.97 Å². The van der Waals surface area contributed by atoms with Gasteiger partial charge in [-0.3, -0.25) is 0 Å². The number of ether oxygens (including phenoxy) is 1. The first-order valence-electron chi connectivity index (χ1n) is 5.79. The van der Waals surface area contributed by atoms with Gasteiger partial charge in [0.25, 0.3) is 0 Å². The Morgan fingerprint density at radius 2 is 2.06 bits per heavy atom. The first kappa shape index (κ1) is 12.7.